The zero-order valence-corrected chi connectivity index (χ0v) is 14.9. The smallest absolute Gasteiger partial charge is 0.265 e. The second-order valence-electron chi connectivity index (χ2n) is 5.82. The summed E-state index contributed by atoms with van der Waals surface area (Å²) < 4.78 is 16.9. The summed E-state index contributed by atoms with van der Waals surface area (Å²) in [4.78, 5) is 12.2. The molecule has 1 unspecified atom stereocenters. The van der Waals surface area contributed by atoms with Gasteiger partial charge in [0.2, 0.25) is 6.10 Å². The fraction of sp³-hybridized carbons (Fsp3) is 0.227. The van der Waals surface area contributed by atoms with Crippen molar-refractivity contribution in [1.29, 1.82) is 0 Å². The molecule has 0 spiro atoms. The molecule has 0 saturated carbocycles. The van der Waals surface area contributed by atoms with Crippen LogP contribution in [-0.2, 0) is 11.2 Å². The van der Waals surface area contributed by atoms with E-state index in [0.29, 0.717) is 11.5 Å². The summed E-state index contributed by atoms with van der Waals surface area (Å²) >= 11 is 0. The molecule has 1 amide bonds. The monoisotopic (exact) mass is 363 g/mol. The van der Waals surface area contributed by atoms with Gasteiger partial charge in [-0.15, -0.1) is 6.58 Å². The van der Waals surface area contributed by atoms with E-state index in [2.05, 4.69) is 23.7 Å². The van der Waals surface area contributed by atoms with Gasteiger partial charge in [-0.1, -0.05) is 48.2 Å². The molecule has 5 nitrogen and oxygen atoms in total. The van der Waals surface area contributed by atoms with E-state index >= 15 is 0 Å². The fourth-order valence-electron chi connectivity index (χ4n) is 2.59. The number of carbonyl (C=O) groups is 1. The molecule has 138 valence electrons. The maximum atomic E-state index is 12.2. The molecule has 0 fully saturated rings. The van der Waals surface area contributed by atoms with Crippen LogP contribution in [0.3, 0.4) is 0 Å². The number of para-hydroxylation sites is 3. The van der Waals surface area contributed by atoms with Gasteiger partial charge in [0, 0.05) is 0 Å². The van der Waals surface area contributed by atoms with Gasteiger partial charge in [-0.3, -0.25) is 4.79 Å². The topological polar surface area (TPSA) is 56.8 Å². The molecule has 2 aromatic carbocycles. The van der Waals surface area contributed by atoms with Crippen LogP contribution in [0.1, 0.15) is 5.56 Å². The van der Waals surface area contributed by atoms with Gasteiger partial charge in [0.15, 0.2) is 11.5 Å². The number of amides is 1. The molecule has 27 heavy (non-hydrogen) atoms. The molecular formula is C22H21NO4. The number of hydrogen-bond donors (Lipinski definition) is 1. The Morgan fingerprint density at radius 1 is 1.19 bits per heavy atom. The number of fused-ring (bicyclic) bond motifs is 1. The van der Waals surface area contributed by atoms with Crippen LogP contribution in [0, 0.1) is 11.8 Å². The maximum Gasteiger partial charge on any atom is 0.265 e. The lowest BCUT2D eigenvalue weighted by Gasteiger charge is -2.25. The van der Waals surface area contributed by atoms with Crippen LogP contribution in [0.5, 0.6) is 17.2 Å². The van der Waals surface area contributed by atoms with Crippen molar-refractivity contribution in [2.45, 2.75) is 12.5 Å². The molecule has 0 radical (unpaired) electrons. The minimum absolute atomic E-state index is 0.180. The third-order valence-electron chi connectivity index (χ3n) is 3.91. The lowest BCUT2D eigenvalue weighted by Crippen LogP contribution is -2.44. The minimum Gasteiger partial charge on any atom is -0.485 e. The summed E-state index contributed by atoms with van der Waals surface area (Å²) in [6, 6.07) is 15.0. The highest BCUT2D eigenvalue weighted by atomic mass is 16.6. The van der Waals surface area contributed by atoms with Crippen LogP contribution in [0.25, 0.3) is 0 Å². The van der Waals surface area contributed by atoms with Gasteiger partial charge in [-0.25, -0.2) is 0 Å². The van der Waals surface area contributed by atoms with Crippen LogP contribution in [0.15, 0.2) is 61.2 Å². The molecule has 1 N–H and O–H groups in total. The molecule has 1 atom stereocenters. The summed E-state index contributed by atoms with van der Waals surface area (Å²) in [5, 5.41) is 2.73. The fourth-order valence-corrected chi connectivity index (χ4v) is 2.59. The number of carbonyl (C=O) groups excluding carboxylic acids is 1. The number of ether oxygens (including phenoxy) is 3. The Bertz CT molecular complexity index is 866. The van der Waals surface area contributed by atoms with Crippen molar-refractivity contribution in [2.75, 3.05) is 19.8 Å². The number of benzene rings is 2. The van der Waals surface area contributed by atoms with E-state index in [-0.39, 0.29) is 25.7 Å². The van der Waals surface area contributed by atoms with E-state index in [1.165, 1.54) is 0 Å². The molecule has 3 rings (SSSR count). The Hall–Kier alpha value is -3.39. The van der Waals surface area contributed by atoms with Crippen LogP contribution in [-0.4, -0.2) is 31.8 Å². The van der Waals surface area contributed by atoms with Crippen molar-refractivity contribution in [3.8, 4) is 29.1 Å². The summed E-state index contributed by atoms with van der Waals surface area (Å²) in [5.74, 6) is 7.52. The maximum absolute atomic E-state index is 12.2. The molecule has 1 aliphatic rings. The van der Waals surface area contributed by atoms with E-state index in [1.807, 2.05) is 48.5 Å². The van der Waals surface area contributed by atoms with E-state index in [1.54, 1.807) is 6.07 Å². The van der Waals surface area contributed by atoms with Gasteiger partial charge >= 0.3 is 0 Å². The van der Waals surface area contributed by atoms with E-state index in [9.17, 15) is 4.79 Å². The van der Waals surface area contributed by atoms with Crippen molar-refractivity contribution in [3.05, 3.63) is 66.7 Å². The van der Waals surface area contributed by atoms with Gasteiger partial charge in [0.25, 0.3) is 5.91 Å². The molecular weight excluding hydrogens is 342 g/mol. The summed E-state index contributed by atoms with van der Waals surface area (Å²) in [6.45, 7) is 4.39. The van der Waals surface area contributed by atoms with Gasteiger partial charge in [-0.05, 0) is 30.2 Å². The Labute approximate surface area is 158 Å². The molecule has 1 heterocycles. The quantitative estimate of drug-likeness (QED) is 0.633. The van der Waals surface area contributed by atoms with Gasteiger partial charge in [0.1, 0.15) is 19.0 Å². The lowest BCUT2D eigenvalue weighted by atomic mass is 10.1. The molecule has 1 aliphatic heterocycles. The van der Waals surface area contributed by atoms with Gasteiger partial charge in [0.05, 0.1) is 6.54 Å². The molecule has 0 aliphatic carbocycles. The highest BCUT2D eigenvalue weighted by molar-refractivity contribution is 5.82. The summed E-state index contributed by atoms with van der Waals surface area (Å²) in [5.41, 5.74) is 1.07. The van der Waals surface area contributed by atoms with Crippen LogP contribution < -0.4 is 19.5 Å². The SMILES string of the molecule is C=CCc1ccccc1OCC#CCNC(=O)C1COc2ccccc2O1. The number of rotatable bonds is 6. The standard InChI is InChI=1S/C22H21NO4/c1-2-9-17-10-3-4-11-18(17)25-15-8-7-14-23-22(24)21-16-26-19-12-5-6-13-20(19)27-21/h2-6,10-13,21H,1,9,14-16H2,(H,23,24). The first kappa shape index (κ1) is 18.4. The van der Waals surface area contributed by atoms with Crippen molar-refractivity contribution in [1.82, 2.24) is 5.32 Å². The normalized spacial score (nSPS) is 14.4. The average Bonchev–Trinajstić information content (AvgIpc) is 2.71. The molecule has 0 saturated heterocycles. The Morgan fingerprint density at radius 3 is 2.81 bits per heavy atom. The van der Waals surface area contributed by atoms with Gasteiger partial charge < -0.3 is 19.5 Å². The Balaban J connectivity index is 1.42. The first-order valence-electron chi connectivity index (χ1n) is 8.71. The molecule has 5 heteroatoms. The Morgan fingerprint density at radius 2 is 1.96 bits per heavy atom. The second kappa shape index (κ2) is 9.35. The highest BCUT2D eigenvalue weighted by Crippen LogP contribution is 2.30. The molecule has 0 aromatic heterocycles. The third-order valence-corrected chi connectivity index (χ3v) is 3.91. The molecule has 2 aromatic rings. The number of nitrogens with one attached hydrogen (secondary N) is 1. The predicted octanol–water partition coefficient (Wildman–Crippen LogP) is 2.75. The van der Waals surface area contributed by atoms with Crippen molar-refractivity contribution < 1.29 is 19.0 Å². The average molecular weight is 363 g/mol. The third kappa shape index (κ3) is 5.05. The van der Waals surface area contributed by atoms with E-state index in [4.69, 9.17) is 14.2 Å². The van der Waals surface area contributed by atoms with Crippen LogP contribution >= 0.6 is 0 Å². The number of allylic oxidation sites excluding steroid dienone is 1. The van der Waals surface area contributed by atoms with Crippen molar-refractivity contribution in [2.24, 2.45) is 0 Å². The zero-order valence-electron chi connectivity index (χ0n) is 14.9. The zero-order chi connectivity index (χ0) is 18.9. The largest absolute Gasteiger partial charge is 0.485 e. The number of hydrogen-bond acceptors (Lipinski definition) is 4. The van der Waals surface area contributed by atoms with Crippen LogP contribution in [0.4, 0.5) is 0 Å². The van der Waals surface area contributed by atoms with E-state index in [0.717, 1.165) is 17.7 Å². The highest BCUT2D eigenvalue weighted by Gasteiger charge is 2.26. The van der Waals surface area contributed by atoms with E-state index < -0.39 is 6.10 Å². The second-order valence-corrected chi connectivity index (χ2v) is 5.82. The summed E-state index contributed by atoms with van der Waals surface area (Å²) in [6.07, 6.45) is 1.90. The van der Waals surface area contributed by atoms with Crippen molar-refractivity contribution >= 4 is 5.91 Å². The van der Waals surface area contributed by atoms with Gasteiger partial charge in [-0.2, -0.15) is 0 Å². The van der Waals surface area contributed by atoms with Crippen LogP contribution in [0.2, 0.25) is 0 Å². The minimum atomic E-state index is -0.677. The Kier molecular flexibility index (Phi) is 6.37. The first-order chi connectivity index (χ1) is 13.3. The molecule has 0 bridgehead atoms. The summed E-state index contributed by atoms with van der Waals surface area (Å²) in [7, 11) is 0. The first-order valence-corrected chi connectivity index (χ1v) is 8.71. The lowest BCUT2D eigenvalue weighted by molar-refractivity contribution is -0.130. The van der Waals surface area contributed by atoms with Crippen molar-refractivity contribution in [3.63, 3.8) is 0 Å². The predicted molar refractivity (Wildman–Crippen MR) is 103 cm³/mol.